The molecule has 0 bridgehead atoms. The van der Waals surface area contributed by atoms with Crippen LogP contribution in [-0.4, -0.2) is 0 Å². The molecule has 1 unspecified atom stereocenters. The molecule has 0 aliphatic heterocycles. The molecule has 2 rings (SSSR count). The second kappa shape index (κ2) is 10.6. The van der Waals surface area contributed by atoms with Crippen LogP contribution >= 0.6 is 0 Å². The number of allylic oxidation sites excluding steroid dienone is 10. The molecule has 106 valence electrons. The van der Waals surface area contributed by atoms with E-state index in [0.717, 1.165) is 6.42 Å². The highest BCUT2D eigenvalue weighted by atomic mass is 14.1. The van der Waals surface area contributed by atoms with Gasteiger partial charge in [0.05, 0.1) is 0 Å². The third-order valence-corrected chi connectivity index (χ3v) is 2.95. The average Bonchev–Trinajstić information content (AvgIpc) is 2.47. The van der Waals surface area contributed by atoms with Crippen molar-refractivity contribution in [1.29, 1.82) is 0 Å². The largest absolute Gasteiger partial charge is 0.0801 e. The van der Waals surface area contributed by atoms with Crippen LogP contribution in [0, 0.1) is 5.92 Å². The van der Waals surface area contributed by atoms with E-state index in [9.17, 15) is 0 Å². The molecule has 0 aromatic rings. The van der Waals surface area contributed by atoms with Crippen LogP contribution in [-0.2, 0) is 0 Å². The van der Waals surface area contributed by atoms with Gasteiger partial charge in [-0.05, 0) is 42.4 Å². The van der Waals surface area contributed by atoms with Crippen LogP contribution in [0.2, 0.25) is 0 Å². The minimum atomic E-state index is 0.703. The lowest BCUT2D eigenvalue weighted by atomic mass is 9.90. The van der Waals surface area contributed by atoms with Gasteiger partial charge in [0.1, 0.15) is 0 Å². The Kier molecular flexibility index (Phi) is 9.88. The van der Waals surface area contributed by atoms with Gasteiger partial charge in [-0.2, -0.15) is 0 Å². The molecule has 2 aliphatic rings. The highest BCUT2D eigenvalue weighted by molar-refractivity contribution is 5.46. The van der Waals surface area contributed by atoms with E-state index >= 15 is 0 Å². The molecule has 0 nitrogen and oxygen atoms in total. The topological polar surface area (TPSA) is 0 Å². The van der Waals surface area contributed by atoms with Crippen molar-refractivity contribution in [2.75, 3.05) is 0 Å². The summed E-state index contributed by atoms with van der Waals surface area (Å²) in [7, 11) is 0. The monoisotopic (exact) mass is 258 g/mol. The zero-order valence-corrected chi connectivity index (χ0v) is 13.5. The van der Waals surface area contributed by atoms with Crippen LogP contribution in [0.5, 0.6) is 0 Å². The predicted octanol–water partition coefficient (Wildman–Crippen LogP) is 6.39. The Morgan fingerprint density at radius 3 is 2.32 bits per heavy atom. The van der Waals surface area contributed by atoms with Crippen LogP contribution in [0.15, 0.2) is 59.3 Å². The highest BCUT2D eigenvalue weighted by Gasteiger charge is 2.07. The summed E-state index contributed by atoms with van der Waals surface area (Å²) in [5.74, 6) is 0.703. The molecular weight excluding hydrogens is 228 g/mol. The first kappa shape index (κ1) is 17.7. The molecule has 0 N–H and O–H groups in total. The molecule has 0 heteroatoms. The van der Waals surface area contributed by atoms with Gasteiger partial charge in [-0.25, -0.2) is 0 Å². The number of hydrogen-bond acceptors (Lipinski definition) is 0. The van der Waals surface area contributed by atoms with E-state index in [4.69, 9.17) is 0 Å². The molecular formula is C19H30. The standard InChI is InChI=1S/C15H18.2C2H6/c1-12-8-9-15(13(2)10-12)11-14-6-4-3-5-7-14;2*1-2/h3-6,9-12H,7-8H2,1-2H3;2*1-2H3/b14-11-;;. The lowest BCUT2D eigenvalue weighted by molar-refractivity contribution is 0.724. The maximum Gasteiger partial charge on any atom is -0.00941 e. The Balaban J connectivity index is 0.000000741. The van der Waals surface area contributed by atoms with Crippen LogP contribution < -0.4 is 0 Å². The van der Waals surface area contributed by atoms with E-state index in [-0.39, 0.29) is 0 Å². The highest BCUT2D eigenvalue weighted by Crippen LogP contribution is 2.25. The summed E-state index contributed by atoms with van der Waals surface area (Å²) in [6, 6.07) is 0. The molecule has 0 aromatic heterocycles. The average molecular weight is 258 g/mol. The first-order chi connectivity index (χ1) is 9.25. The lowest BCUT2D eigenvalue weighted by Gasteiger charge is -2.15. The Morgan fingerprint density at radius 2 is 1.79 bits per heavy atom. The van der Waals surface area contributed by atoms with Crippen molar-refractivity contribution < 1.29 is 0 Å². The van der Waals surface area contributed by atoms with Crippen molar-refractivity contribution in [2.24, 2.45) is 5.92 Å². The zero-order valence-electron chi connectivity index (χ0n) is 13.5. The van der Waals surface area contributed by atoms with Crippen molar-refractivity contribution in [2.45, 2.75) is 54.4 Å². The van der Waals surface area contributed by atoms with Crippen molar-refractivity contribution >= 4 is 0 Å². The molecule has 2 aliphatic carbocycles. The third kappa shape index (κ3) is 6.42. The fourth-order valence-electron chi connectivity index (χ4n) is 2.07. The van der Waals surface area contributed by atoms with Crippen LogP contribution in [0.1, 0.15) is 54.4 Å². The molecule has 0 aromatic carbocycles. The smallest absolute Gasteiger partial charge is 0.00941 e. The zero-order chi connectivity index (χ0) is 14.7. The fraction of sp³-hybridized carbons (Fsp3) is 0.474. The van der Waals surface area contributed by atoms with Gasteiger partial charge < -0.3 is 0 Å². The summed E-state index contributed by atoms with van der Waals surface area (Å²) in [5.41, 5.74) is 4.23. The minimum Gasteiger partial charge on any atom is -0.0801 e. The van der Waals surface area contributed by atoms with E-state index in [1.54, 1.807) is 0 Å². The Bertz CT molecular complexity index is 386. The molecule has 0 fully saturated rings. The van der Waals surface area contributed by atoms with Gasteiger partial charge in [0.25, 0.3) is 0 Å². The number of hydrogen-bond donors (Lipinski definition) is 0. The Labute approximate surface area is 120 Å². The number of rotatable bonds is 1. The lowest BCUT2D eigenvalue weighted by Crippen LogP contribution is -1.98. The van der Waals surface area contributed by atoms with Gasteiger partial charge in [0.15, 0.2) is 0 Å². The summed E-state index contributed by atoms with van der Waals surface area (Å²) in [6.45, 7) is 12.5. The van der Waals surface area contributed by atoms with E-state index in [1.165, 1.54) is 23.1 Å². The molecule has 1 atom stereocenters. The van der Waals surface area contributed by atoms with Crippen LogP contribution in [0.3, 0.4) is 0 Å². The molecule has 0 heterocycles. The minimum absolute atomic E-state index is 0.703. The predicted molar refractivity (Wildman–Crippen MR) is 89.3 cm³/mol. The van der Waals surface area contributed by atoms with E-state index in [2.05, 4.69) is 56.4 Å². The van der Waals surface area contributed by atoms with Gasteiger partial charge in [0.2, 0.25) is 0 Å². The summed E-state index contributed by atoms with van der Waals surface area (Å²) in [5, 5.41) is 0. The SMILES string of the molecule is CC.CC.CC1=CC(C)CC=C1/C=C1/C=CC=CC1. The summed E-state index contributed by atoms with van der Waals surface area (Å²) >= 11 is 0. The third-order valence-electron chi connectivity index (χ3n) is 2.95. The molecule has 0 saturated heterocycles. The fourth-order valence-corrected chi connectivity index (χ4v) is 2.07. The molecule has 0 spiro atoms. The summed E-state index contributed by atoms with van der Waals surface area (Å²) < 4.78 is 0. The van der Waals surface area contributed by atoms with Gasteiger partial charge in [-0.15, -0.1) is 0 Å². The van der Waals surface area contributed by atoms with Gasteiger partial charge in [-0.1, -0.05) is 77.2 Å². The Hall–Kier alpha value is -1.30. The normalized spacial score (nSPS) is 22.6. The summed E-state index contributed by atoms with van der Waals surface area (Å²) in [4.78, 5) is 0. The van der Waals surface area contributed by atoms with Crippen molar-refractivity contribution in [3.8, 4) is 0 Å². The van der Waals surface area contributed by atoms with Gasteiger partial charge >= 0.3 is 0 Å². The van der Waals surface area contributed by atoms with E-state index in [1.807, 2.05) is 27.7 Å². The van der Waals surface area contributed by atoms with Crippen molar-refractivity contribution in [1.82, 2.24) is 0 Å². The van der Waals surface area contributed by atoms with Crippen LogP contribution in [0.25, 0.3) is 0 Å². The van der Waals surface area contributed by atoms with E-state index < -0.39 is 0 Å². The summed E-state index contributed by atoms with van der Waals surface area (Å²) in [6.07, 6.45) is 17.9. The quantitative estimate of drug-likeness (QED) is 0.511. The van der Waals surface area contributed by atoms with Crippen molar-refractivity contribution in [3.63, 3.8) is 0 Å². The second-order valence-corrected chi connectivity index (χ2v) is 4.43. The maximum absolute atomic E-state index is 2.37. The maximum atomic E-state index is 2.37. The van der Waals surface area contributed by atoms with Crippen molar-refractivity contribution in [3.05, 3.63) is 59.3 Å². The first-order valence-corrected chi connectivity index (χ1v) is 7.68. The molecule has 0 amide bonds. The van der Waals surface area contributed by atoms with Gasteiger partial charge in [-0.3, -0.25) is 0 Å². The van der Waals surface area contributed by atoms with Gasteiger partial charge in [0, 0.05) is 0 Å². The second-order valence-electron chi connectivity index (χ2n) is 4.43. The molecule has 0 saturated carbocycles. The Morgan fingerprint density at radius 1 is 1.11 bits per heavy atom. The van der Waals surface area contributed by atoms with Crippen LogP contribution in [0.4, 0.5) is 0 Å². The molecule has 0 radical (unpaired) electrons. The first-order valence-electron chi connectivity index (χ1n) is 7.68. The van der Waals surface area contributed by atoms with E-state index in [0.29, 0.717) is 5.92 Å². The molecule has 19 heavy (non-hydrogen) atoms.